The lowest BCUT2D eigenvalue weighted by Gasteiger charge is -2.28. The molecule has 21 heavy (non-hydrogen) atoms. The summed E-state index contributed by atoms with van der Waals surface area (Å²) in [5, 5.41) is 0. The highest BCUT2D eigenvalue weighted by Gasteiger charge is 2.30. The van der Waals surface area contributed by atoms with E-state index in [1.54, 1.807) is 0 Å². The number of rotatable bonds is 3. The van der Waals surface area contributed by atoms with Gasteiger partial charge in [0.15, 0.2) is 0 Å². The predicted octanol–water partition coefficient (Wildman–Crippen LogP) is 3.17. The van der Waals surface area contributed by atoms with Crippen molar-refractivity contribution in [1.82, 2.24) is 0 Å². The van der Waals surface area contributed by atoms with Crippen LogP contribution in [-0.4, -0.2) is 18.4 Å². The Kier molecular flexibility index (Phi) is 4.71. The molecule has 2 N–H and O–H groups in total. The number of hydrogen-bond donors (Lipinski definition) is 1. The summed E-state index contributed by atoms with van der Waals surface area (Å²) in [6.07, 6.45) is 6.80. The van der Waals surface area contributed by atoms with Crippen LogP contribution in [-0.2, 0) is 16.0 Å². The highest BCUT2D eigenvalue weighted by Crippen LogP contribution is 2.32. The molecule has 3 atom stereocenters. The third kappa shape index (κ3) is 3.35. The maximum Gasteiger partial charge on any atom is 0.140 e. The smallest absolute Gasteiger partial charge is 0.140 e. The van der Waals surface area contributed by atoms with E-state index >= 15 is 0 Å². The number of Topliss-reactive ketones (excluding diaryl/α,β-unsaturated/α-hetero) is 1. The van der Waals surface area contributed by atoms with Crippen LogP contribution < -0.4 is 5.73 Å². The van der Waals surface area contributed by atoms with Gasteiger partial charge in [0.05, 0.1) is 12.7 Å². The quantitative estimate of drug-likeness (QED) is 0.869. The summed E-state index contributed by atoms with van der Waals surface area (Å²) < 4.78 is 5.87. The number of hydrogen-bond acceptors (Lipinski definition) is 3. The average molecular weight is 287 g/mol. The van der Waals surface area contributed by atoms with Crippen LogP contribution in [0, 0.1) is 5.92 Å². The van der Waals surface area contributed by atoms with Crippen molar-refractivity contribution in [2.75, 3.05) is 6.61 Å². The summed E-state index contributed by atoms with van der Waals surface area (Å²) >= 11 is 0. The first kappa shape index (κ1) is 14.7. The van der Waals surface area contributed by atoms with E-state index < -0.39 is 0 Å². The highest BCUT2D eigenvalue weighted by molar-refractivity contribution is 5.82. The van der Waals surface area contributed by atoms with Crippen molar-refractivity contribution in [1.29, 1.82) is 0 Å². The largest absolute Gasteiger partial charge is 0.373 e. The first-order chi connectivity index (χ1) is 10.3. The maximum atomic E-state index is 12.7. The van der Waals surface area contributed by atoms with Crippen LogP contribution in [0.4, 0.5) is 0 Å². The van der Waals surface area contributed by atoms with Crippen LogP contribution in [0.2, 0.25) is 0 Å². The van der Waals surface area contributed by atoms with Gasteiger partial charge in [0.2, 0.25) is 0 Å². The summed E-state index contributed by atoms with van der Waals surface area (Å²) in [7, 11) is 0. The molecule has 3 nitrogen and oxygen atoms in total. The molecule has 2 aliphatic rings. The van der Waals surface area contributed by atoms with Gasteiger partial charge in [-0.05, 0) is 30.4 Å². The lowest BCUT2D eigenvalue weighted by atomic mass is 9.86. The molecule has 1 saturated carbocycles. The van der Waals surface area contributed by atoms with Crippen molar-refractivity contribution in [3.63, 3.8) is 0 Å². The number of fused-ring (bicyclic) bond motifs is 1. The Morgan fingerprint density at radius 2 is 2.00 bits per heavy atom. The third-order valence-corrected chi connectivity index (χ3v) is 4.96. The molecule has 1 aromatic carbocycles. The van der Waals surface area contributed by atoms with Crippen molar-refractivity contribution < 1.29 is 9.53 Å². The first-order valence-corrected chi connectivity index (χ1v) is 8.23. The second kappa shape index (κ2) is 6.71. The van der Waals surface area contributed by atoms with E-state index in [1.165, 1.54) is 17.5 Å². The van der Waals surface area contributed by atoms with E-state index in [2.05, 4.69) is 18.2 Å². The molecule has 3 rings (SSSR count). The van der Waals surface area contributed by atoms with E-state index in [-0.39, 0.29) is 18.1 Å². The first-order valence-electron chi connectivity index (χ1n) is 8.23. The molecular weight excluding hydrogens is 262 g/mol. The number of benzene rings is 1. The van der Waals surface area contributed by atoms with Gasteiger partial charge in [-0.1, -0.05) is 43.5 Å². The third-order valence-electron chi connectivity index (χ3n) is 4.96. The van der Waals surface area contributed by atoms with Crippen LogP contribution in [0.25, 0.3) is 0 Å². The second-order valence-electron chi connectivity index (χ2n) is 6.39. The zero-order chi connectivity index (χ0) is 14.7. The molecule has 0 spiro atoms. The molecule has 3 heteroatoms. The molecule has 3 unspecified atom stereocenters. The Hall–Kier alpha value is -1.19. The fourth-order valence-electron chi connectivity index (χ4n) is 3.72. The van der Waals surface area contributed by atoms with Gasteiger partial charge in [0, 0.05) is 18.4 Å². The van der Waals surface area contributed by atoms with Gasteiger partial charge < -0.3 is 10.5 Å². The Morgan fingerprint density at radius 1 is 1.19 bits per heavy atom. The molecule has 0 bridgehead atoms. The van der Waals surface area contributed by atoms with Gasteiger partial charge in [0.1, 0.15) is 5.78 Å². The molecule has 1 aromatic rings. The average Bonchev–Trinajstić information content (AvgIpc) is 2.72. The Balaban J connectivity index is 1.70. The number of ketones is 1. The Bertz CT molecular complexity index is 500. The zero-order valence-electron chi connectivity index (χ0n) is 12.6. The highest BCUT2D eigenvalue weighted by atomic mass is 16.5. The lowest BCUT2D eigenvalue weighted by Crippen LogP contribution is -2.35. The van der Waals surface area contributed by atoms with Crippen molar-refractivity contribution in [3.05, 3.63) is 35.4 Å². The van der Waals surface area contributed by atoms with Crippen LogP contribution in [0.15, 0.2) is 24.3 Å². The molecule has 1 fully saturated rings. The lowest BCUT2D eigenvalue weighted by molar-refractivity contribution is -0.127. The minimum atomic E-state index is -0.0714. The fraction of sp³-hybridized carbons (Fsp3) is 0.611. The van der Waals surface area contributed by atoms with E-state index in [4.69, 9.17) is 10.5 Å². The van der Waals surface area contributed by atoms with Crippen LogP contribution in [0.3, 0.4) is 0 Å². The number of ether oxygens (including phenoxy) is 1. The van der Waals surface area contributed by atoms with E-state index in [0.717, 1.165) is 32.1 Å². The standard InChI is InChI=1S/C18H25NO2/c19-16-9-3-1-2-8-15(16)17(20)12-18-14-7-5-4-6-13(14)10-11-21-18/h4-7,15-16,18H,1-3,8-12,19H2. The SMILES string of the molecule is NC1CCCCCC1C(=O)CC1OCCc2ccccc21. The molecule has 1 aliphatic heterocycles. The topological polar surface area (TPSA) is 52.3 Å². The Morgan fingerprint density at radius 3 is 2.90 bits per heavy atom. The normalized spacial score (nSPS) is 29.5. The Labute approximate surface area is 126 Å². The minimum Gasteiger partial charge on any atom is -0.373 e. The van der Waals surface area contributed by atoms with Gasteiger partial charge in [-0.25, -0.2) is 0 Å². The summed E-state index contributed by atoms with van der Waals surface area (Å²) in [5.41, 5.74) is 8.74. The molecule has 1 heterocycles. The summed E-state index contributed by atoms with van der Waals surface area (Å²) in [6.45, 7) is 0.714. The number of carbonyl (C=O) groups excluding carboxylic acids is 1. The molecule has 0 aromatic heterocycles. The second-order valence-corrected chi connectivity index (χ2v) is 6.39. The molecular formula is C18H25NO2. The number of nitrogens with two attached hydrogens (primary N) is 1. The summed E-state index contributed by atoms with van der Waals surface area (Å²) in [4.78, 5) is 12.7. The van der Waals surface area contributed by atoms with E-state index in [0.29, 0.717) is 18.8 Å². The minimum absolute atomic E-state index is 0.0326. The van der Waals surface area contributed by atoms with Crippen molar-refractivity contribution in [2.24, 2.45) is 11.7 Å². The molecule has 1 aliphatic carbocycles. The van der Waals surface area contributed by atoms with Crippen LogP contribution in [0.5, 0.6) is 0 Å². The molecule has 0 saturated heterocycles. The number of carbonyl (C=O) groups is 1. The summed E-state index contributed by atoms with van der Waals surface area (Å²) in [6, 6.07) is 8.37. The van der Waals surface area contributed by atoms with Gasteiger partial charge in [0.25, 0.3) is 0 Å². The maximum absolute atomic E-state index is 12.7. The fourth-order valence-corrected chi connectivity index (χ4v) is 3.72. The van der Waals surface area contributed by atoms with Gasteiger partial charge in [-0.2, -0.15) is 0 Å². The zero-order valence-corrected chi connectivity index (χ0v) is 12.6. The van der Waals surface area contributed by atoms with Crippen molar-refractivity contribution in [3.8, 4) is 0 Å². The van der Waals surface area contributed by atoms with Crippen LogP contribution in [0.1, 0.15) is 55.8 Å². The molecule has 114 valence electrons. The van der Waals surface area contributed by atoms with Crippen molar-refractivity contribution in [2.45, 2.75) is 57.1 Å². The van der Waals surface area contributed by atoms with Gasteiger partial charge in [-0.15, -0.1) is 0 Å². The van der Waals surface area contributed by atoms with Crippen LogP contribution >= 0.6 is 0 Å². The van der Waals surface area contributed by atoms with Gasteiger partial charge in [-0.3, -0.25) is 4.79 Å². The molecule has 0 radical (unpaired) electrons. The van der Waals surface area contributed by atoms with Crippen molar-refractivity contribution >= 4 is 5.78 Å². The monoisotopic (exact) mass is 287 g/mol. The van der Waals surface area contributed by atoms with E-state index in [9.17, 15) is 4.79 Å². The van der Waals surface area contributed by atoms with Gasteiger partial charge >= 0.3 is 0 Å². The predicted molar refractivity (Wildman–Crippen MR) is 83.0 cm³/mol. The summed E-state index contributed by atoms with van der Waals surface area (Å²) in [5.74, 6) is 0.330. The van der Waals surface area contributed by atoms with E-state index in [1.807, 2.05) is 6.07 Å². The molecule has 0 amide bonds.